The van der Waals surface area contributed by atoms with Gasteiger partial charge in [-0.2, -0.15) is 0 Å². The highest BCUT2D eigenvalue weighted by Crippen LogP contribution is 2.46. The van der Waals surface area contributed by atoms with Crippen molar-refractivity contribution in [3.63, 3.8) is 0 Å². The largest absolute Gasteiger partial charge is 0.495 e. The number of para-hydroxylation sites is 3. The Labute approximate surface area is 137 Å². The Morgan fingerprint density at radius 1 is 0.783 bits per heavy atom. The lowest BCUT2D eigenvalue weighted by Gasteiger charge is -2.34. The standard InChI is InChI=1S/C21H19NO/c1-15-11-12-19-17(13-15)14-16-7-3-4-8-18(16)22(19)20-9-5-6-10-21(20)23-2/h3-13H,14H2,1-2H3. The van der Waals surface area contributed by atoms with Crippen LogP contribution in [0.25, 0.3) is 0 Å². The maximum Gasteiger partial charge on any atom is 0.142 e. The van der Waals surface area contributed by atoms with Crippen LogP contribution in [0.2, 0.25) is 0 Å². The summed E-state index contributed by atoms with van der Waals surface area (Å²) in [6.45, 7) is 2.15. The predicted molar refractivity (Wildman–Crippen MR) is 95.2 cm³/mol. The van der Waals surface area contributed by atoms with Crippen molar-refractivity contribution in [1.82, 2.24) is 0 Å². The molecule has 0 saturated heterocycles. The number of rotatable bonds is 2. The Balaban J connectivity index is 1.99. The molecule has 2 heteroatoms. The van der Waals surface area contributed by atoms with Crippen molar-refractivity contribution in [3.05, 3.63) is 83.4 Å². The zero-order chi connectivity index (χ0) is 15.8. The maximum atomic E-state index is 5.61. The van der Waals surface area contributed by atoms with E-state index in [0.717, 1.165) is 17.9 Å². The lowest BCUT2D eigenvalue weighted by Crippen LogP contribution is -2.19. The smallest absolute Gasteiger partial charge is 0.142 e. The fourth-order valence-corrected chi connectivity index (χ4v) is 3.36. The van der Waals surface area contributed by atoms with E-state index in [-0.39, 0.29) is 0 Å². The zero-order valence-corrected chi connectivity index (χ0v) is 13.4. The first kappa shape index (κ1) is 13.9. The number of ether oxygens (including phenoxy) is 1. The third-order valence-electron chi connectivity index (χ3n) is 4.42. The summed E-state index contributed by atoms with van der Waals surface area (Å²) in [5, 5.41) is 0. The zero-order valence-electron chi connectivity index (χ0n) is 13.4. The first-order chi connectivity index (χ1) is 11.3. The maximum absolute atomic E-state index is 5.61. The quantitative estimate of drug-likeness (QED) is 0.493. The fourth-order valence-electron chi connectivity index (χ4n) is 3.36. The van der Waals surface area contributed by atoms with Crippen molar-refractivity contribution in [2.75, 3.05) is 12.0 Å². The molecule has 3 aromatic carbocycles. The number of hydrogen-bond donors (Lipinski definition) is 0. The van der Waals surface area contributed by atoms with Gasteiger partial charge >= 0.3 is 0 Å². The van der Waals surface area contributed by atoms with Gasteiger partial charge in [-0.1, -0.05) is 48.0 Å². The molecule has 2 nitrogen and oxygen atoms in total. The summed E-state index contributed by atoms with van der Waals surface area (Å²) in [4.78, 5) is 2.31. The molecule has 1 heterocycles. The molecule has 0 saturated carbocycles. The van der Waals surface area contributed by atoms with Gasteiger partial charge in [-0.15, -0.1) is 0 Å². The number of hydrogen-bond acceptors (Lipinski definition) is 2. The second kappa shape index (κ2) is 5.47. The summed E-state index contributed by atoms with van der Waals surface area (Å²) in [5.74, 6) is 0.885. The molecule has 114 valence electrons. The summed E-state index contributed by atoms with van der Waals surface area (Å²) in [6, 6.07) is 23.5. The molecule has 0 unspecified atom stereocenters. The first-order valence-electron chi connectivity index (χ1n) is 7.88. The molecule has 3 aromatic rings. The second-order valence-electron chi connectivity index (χ2n) is 5.94. The molecule has 0 radical (unpaired) electrons. The Kier molecular flexibility index (Phi) is 3.30. The molecule has 0 bridgehead atoms. The van der Waals surface area contributed by atoms with Gasteiger partial charge in [-0.3, -0.25) is 0 Å². The van der Waals surface area contributed by atoms with E-state index in [2.05, 4.69) is 66.4 Å². The van der Waals surface area contributed by atoms with E-state index in [1.54, 1.807) is 7.11 Å². The molecule has 0 aliphatic carbocycles. The van der Waals surface area contributed by atoms with Gasteiger partial charge in [0.1, 0.15) is 5.75 Å². The monoisotopic (exact) mass is 301 g/mol. The summed E-state index contributed by atoms with van der Waals surface area (Å²) in [6.07, 6.45) is 0.971. The minimum atomic E-state index is 0.885. The van der Waals surface area contributed by atoms with Gasteiger partial charge in [-0.25, -0.2) is 0 Å². The molecule has 0 atom stereocenters. The van der Waals surface area contributed by atoms with Gasteiger partial charge in [-0.05, 0) is 42.3 Å². The molecular weight excluding hydrogens is 282 g/mol. The molecule has 23 heavy (non-hydrogen) atoms. The van der Waals surface area contributed by atoms with E-state index < -0.39 is 0 Å². The van der Waals surface area contributed by atoms with Crippen LogP contribution in [0.1, 0.15) is 16.7 Å². The average Bonchev–Trinajstić information content (AvgIpc) is 2.59. The molecule has 0 aromatic heterocycles. The Bertz CT molecular complexity index is 869. The predicted octanol–water partition coefficient (Wildman–Crippen LogP) is 5.38. The molecule has 1 aliphatic heterocycles. The Morgan fingerprint density at radius 2 is 1.48 bits per heavy atom. The average molecular weight is 301 g/mol. The SMILES string of the molecule is COc1ccccc1N1c2ccccc2Cc2cc(C)ccc21. The Morgan fingerprint density at radius 3 is 2.30 bits per heavy atom. The van der Waals surface area contributed by atoms with E-state index in [0.29, 0.717) is 0 Å². The molecule has 0 amide bonds. The van der Waals surface area contributed by atoms with Crippen LogP contribution in [-0.2, 0) is 6.42 Å². The molecule has 4 rings (SSSR count). The van der Waals surface area contributed by atoms with Crippen LogP contribution in [-0.4, -0.2) is 7.11 Å². The van der Waals surface area contributed by atoms with Crippen molar-refractivity contribution in [2.45, 2.75) is 13.3 Å². The molecule has 1 aliphatic rings. The van der Waals surface area contributed by atoms with Crippen molar-refractivity contribution in [1.29, 1.82) is 0 Å². The van der Waals surface area contributed by atoms with E-state index >= 15 is 0 Å². The van der Waals surface area contributed by atoms with E-state index in [4.69, 9.17) is 4.74 Å². The fraction of sp³-hybridized carbons (Fsp3) is 0.143. The van der Waals surface area contributed by atoms with Gasteiger partial charge in [0.2, 0.25) is 0 Å². The van der Waals surface area contributed by atoms with Crippen LogP contribution >= 0.6 is 0 Å². The third kappa shape index (κ3) is 2.27. The van der Waals surface area contributed by atoms with Crippen LogP contribution in [0.5, 0.6) is 5.75 Å². The van der Waals surface area contributed by atoms with Crippen LogP contribution in [0, 0.1) is 6.92 Å². The minimum absolute atomic E-state index is 0.885. The van der Waals surface area contributed by atoms with Gasteiger partial charge in [0.25, 0.3) is 0 Å². The molecule has 0 N–H and O–H groups in total. The summed E-state index contributed by atoms with van der Waals surface area (Å²) >= 11 is 0. The van der Waals surface area contributed by atoms with Gasteiger partial charge in [0.05, 0.1) is 12.8 Å². The topological polar surface area (TPSA) is 12.5 Å². The summed E-state index contributed by atoms with van der Waals surface area (Å²) in [7, 11) is 1.73. The lowest BCUT2D eigenvalue weighted by atomic mass is 9.93. The number of nitrogens with zero attached hydrogens (tertiary/aromatic N) is 1. The van der Waals surface area contributed by atoms with Crippen LogP contribution in [0.3, 0.4) is 0 Å². The van der Waals surface area contributed by atoms with Crippen LogP contribution in [0.15, 0.2) is 66.7 Å². The summed E-state index contributed by atoms with van der Waals surface area (Å²) < 4.78 is 5.61. The molecule has 0 spiro atoms. The third-order valence-corrected chi connectivity index (χ3v) is 4.42. The number of benzene rings is 3. The number of methoxy groups -OCH3 is 1. The summed E-state index contributed by atoms with van der Waals surface area (Å²) in [5.41, 5.74) is 7.54. The Hall–Kier alpha value is -2.74. The number of anilines is 3. The van der Waals surface area contributed by atoms with E-state index in [9.17, 15) is 0 Å². The number of fused-ring (bicyclic) bond motifs is 2. The van der Waals surface area contributed by atoms with Crippen LogP contribution < -0.4 is 9.64 Å². The highest BCUT2D eigenvalue weighted by molar-refractivity contribution is 5.86. The normalized spacial score (nSPS) is 12.5. The van der Waals surface area contributed by atoms with Crippen molar-refractivity contribution in [3.8, 4) is 5.75 Å². The van der Waals surface area contributed by atoms with Crippen molar-refractivity contribution < 1.29 is 4.74 Å². The van der Waals surface area contributed by atoms with Gasteiger partial charge < -0.3 is 9.64 Å². The van der Waals surface area contributed by atoms with Gasteiger partial charge in [0, 0.05) is 17.8 Å². The number of aryl methyl sites for hydroxylation is 1. The second-order valence-corrected chi connectivity index (χ2v) is 5.94. The van der Waals surface area contributed by atoms with Gasteiger partial charge in [0.15, 0.2) is 0 Å². The minimum Gasteiger partial charge on any atom is -0.495 e. The highest BCUT2D eigenvalue weighted by atomic mass is 16.5. The first-order valence-corrected chi connectivity index (χ1v) is 7.88. The highest BCUT2D eigenvalue weighted by Gasteiger charge is 2.25. The van der Waals surface area contributed by atoms with E-state index in [1.165, 1.54) is 28.1 Å². The van der Waals surface area contributed by atoms with E-state index in [1.807, 2.05) is 12.1 Å². The van der Waals surface area contributed by atoms with Crippen molar-refractivity contribution in [2.24, 2.45) is 0 Å². The molecular formula is C21H19NO. The molecule has 0 fully saturated rings. The lowest BCUT2D eigenvalue weighted by molar-refractivity contribution is 0.416. The van der Waals surface area contributed by atoms with Crippen LogP contribution in [0.4, 0.5) is 17.1 Å². The van der Waals surface area contributed by atoms with Crippen molar-refractivity contribution >= 4 is 17.1 Å².